The molecule has 0 saturated heterocycles. The standard InChI is InChI=1S/C17H21NO5/c1-4-18(5-2)16(19)11-23-17(20)8-12-10-22-15-9-13(21-3)6-7-14(12)15/h6-7,9-10H,4-5,8,11H2,1-3H3. The van der Waals surface area contributed by atoms with Crippen molar-refractivity contribution in [3.05, 3.63) is 30.0 Å². The Labute approximate surface area is 135 Å². The third kappa shape index (κ3) is 4.03. The van der Waals surface area contributed by atoms with Crippen LogP contribution >= 0.6 is 0 Å². The van der Waals surface area contributed by atoms with Crippen LogP contribution in [0.1, 0.15) is 19.4 Å². The van der Waals surface area contributed by atoms with E-state index in [2.05, 4.69) is 0 Å². The molecule has 23 heavy (non-hydrogen) atoms. The first-order chi connectivity index (χ1) is 11.1. The van der Waals surface area contributed by atoms with E-state index in [0.717, 1.165) is 10.9 Å². The zero-order chi connectivity index (χ0) is 16.8. The van der Waals surface area contributed by atoms with Crippen LogP contribution in [0.25, 0.3) is 11.0 Å². The lowest BCUT2D eigenvalue weighted by Crippen LogP contribution is -2.34. The van der Waals surface area contributed by atoms with Gasteiger partial charge in [-0.3, -0.25) is 9.59 Å². The normalized spacial score (nSPS) is 10.6. The molecule has 0 aliphatic rings. The fourth-order valence-corrected chi connectivity index (χ4v) is 2.34. The molecule has 2 rings (SSSR count). The van der Waals surface area contributed by atoms with Crippen molar-refractivity contribution in [3.8, 4) is 5.75 Å². The molecular weight excluding hydrogens is 298 g/mol. The summed E-state index contributed by atoms with van der Waals surface area (Å²) in [7, 11) is 1.58. The Bertz CT molecular complexity index is 687. The predicted octanol–water partition coefficient (Wildman–Crippen LogP) is 2.40. The molecule has 6 nitrogen and oxygen atoms in total. The summed E-state index contributed by atoms with van der Waals surface area (Å²) in [5.41, 5.74) is 1.37. The van der Waals surface area contributed by atoms with Crippen LogP contribution in [0, 0.1) is 0 Å². The van der Waals surface area contributed by atoms with Crippen LogP contribution in [-0.4, -0.2) is 43.6 Å². The Kier molecular flexibility index (Phi) is 5.62. The zero-order valence-corrected chi connectivity index (χ0v) is 13.6. The Morgan fingerprint density at radius 3 is 2.61 bits per heavy atom. The number of carbonyl (C=O) groups is 2. The number of amides is 1. The van der Waals surface area contributed by atoms with E-state index in [9.17, 15) is 9.59 Å². The van der Waals surface area contributed by atoms with Crippen molar-refractivity contribution < 1.29 is 23.5 Å². The number of esters is 1. The minimum Gasteiger partial charge on any atom is -0.497 e. The van der Waals surface area contributed by atoms with E-state index < -0.39 is 5.97 Å². The summed E-state index contributed by atoms with van der Waals surface area (Å²) in [6.07, 6.45) is 1.59. The van der Waals surface area contributed by atoms with Crippen molar-refractivity contribution >= 4 is 22.8 Å². The summed E-state index contributed by atoms with van der Waals surface area (Å²) < 4.78 is 15.6. The minimum absolute atomic E-state index is 0.0604. The van der Waals surface area contributed by atoms with Gasteiger partial charge in [-0.15, -0.1) is 0 Å². The lowest BCUT2D eigenvalue weighted by Gasteiger charge is -2.18. The maximum Gasteiger partial charge on any atom is 0.310 e. The maximum atomic E-state index is 11.9. The molecule has 124 valence electrons. The van der Waals surface area contributed by atoms with Gasteiger partial charge in [-0.05, 0) is 26.0 Å². The quantitative estimate of drug-likeness (QED) is 0.733. The van der Waals surface area contributed by atoms with Gasteiger partial charge >= 0.3 is 5.97 Å². The summed E-state index contributed by atoms with van der Waals surface area (Å²) in [6, 6.07) is 5.39. The third-order valence-corrected chi connectivity index (χ3v) is 3.67. The molecule has 6 heteroatoms. The van der Waals surface area contributed by atoms with Gasteiger partial charge in [0.25, 0.3) is 5.91 Å². The summed E-state index contributed by atoms with van der Waals surface area (Å²) >= 11 is 0. The van der Waals surface area contributed by atoms with E-state index in [1.165, 1.54) is 6.26 Å². The van der Waals surface area contributed by atoms with Crippen LogP contribution < -0.4 is 4.74 Å². The second-order valence-corrected chi connectivity index (χ2v) is 5.03. The highest BCUT2D eigenvalue weighted by Crippen LogP contribution is 2.26. The number of ether oxygens (including phenoxy) is 2. The SMILES string of the molecule is CCN(CC)C(=O)COC(=O)Cc1coc2cc(OC)ccc12. The second kappa shape index (κ2) is 7.67. The Balaban J connectivity index is 1.97. The lowest BCUT2D eigenvalue weighted by molar-refractivity contribution is -0.151. The topological polar surface area (TPSA) is 69.0 Å². The van der Waals surface area contributed by atoms with Crippen LogP contribution in [-0.2, 0) is 20.7 Å². The van der Waals surface area contributed by atoms with Gasteiger partial charge in [0.15, 0.2) is 6.61 Å². The number of hydrogen-bond acceptors (Lipinski definition) is 5. The Morgan fingerprint density at radius 2 is 1.96 bits per heavy atom. The van der Waals surface area contributed by atoms with Gasteiger partial charge in [-0.2, -0.15) is 0 Å². The van der Waals surface area contributed by atoms with Gasteiger partial charge in [0, 0.05) is 30.1 Å². The monoisotopic (exact) mass is 319 g/mol. The molecule has 2 aromatic rings. The van der Waals surface area contributed by atoms with E-state index in [-0.39, 0.29) is 18.9 Å². The highest BCUT2D eigenvalue weighted by Gasteiger charge is 2.15. The van der Waals surface area contributed by atoms with Crippen molar-refractivity contribution in [2.75, 3.05) is 26.8 Å². The molecule has 1 heterocycles. The molecular formula is C17H21NO5. The molecule has 0 N–H and O–H groups in total. The molecule has 0 aliphatic heterocycles. The molecule has 0 bridgehead atoms. The van der Waals surface area contributed by atoms with Crippen molar-refractivity contribution in [3.63, 3.8) is 0 Å². The summed E-state index contributed by atoms with van der Waals surface area (Å²) in [6.45, 7) is 4.73. The van der Waals surface area contributed by atoms with E-state index in [0.29, 0.717) is 24.4 Å². The number of likely N-dealkylation sites (N-methyl/N-ethyl adjacent to an activating group) is 1. The van der Waals surface area contributed by atoms with Crippen LogP contribution in [0.5, 0.6) is 5.75 Å². The number of rotatable bonds is 7. The van der Waals surface area contributed by atoms with Crippen molar-refractivity contribution in [1.82, 2.24) is 4.90 Å². The van der Waals surface area contributed by atoms with Gasteiger partial charge in [-0.1, -0.05) is 0 Å². The van der Waals surface area contributed by atoms with Crippen LogP contribution in [0.3, 0.4) is 0 Å². The number of benzene rings is 1. The van der Waals surface area contributed by atoms with Gasteiger partial charge in [0.2, 0.25) is 0 Å². The zero-order valence-electron chi connectivity index (χ0n) is 13.6. The van der Waals surface area contributed by atoms with Crippen molar-refractivity contribution in [2.24, 2.45) is 0 Å². The van der Waals surface area contributed by atoms with E-state index in [4.69, 9.17) is 13.9 Å². The fraction of sp³-hybridized carbons (Fsp3) is 0.412. The van der Waals surface area contributed by atoms with Gasteiger partial charge < -0.3 is 18.8 Å². The third-order valence-electron chi connectivity index (χ3n) is 3.67. The highest BCUT2D eigenvalue weighted by molar-refractivity contribution is 5.87. The molecule has 1 amide bonds. The van der Waals surface area contributed by atoms with E-state index in [1.807, 2.05) is 19.9 Å². The first-order valence-corrected chi connectivity index (χ1v) is 7.56. The first-order valence-electron chi connectivity index (χ1n) is 7.56. The number of furan rings is 1. The number of fused-ring (bicyclic) bond motifs is 1. The fourth-order valence-electron chi connectivity index (χ4n) is 2.34. The lowest BCUT2D eigenvalue weighted by atomic mass is 10.1. The van der Waals surface area contributed by atoms with Gasteiger partial charge in [-0.25, -0.2) is 0 Å². The number of methoxy groups -OCH3 is 1. The number of carbonyl (C=O) groups excluding carboxylic acids is 2. The first kappa shape index (κ1) is 16.9. The average Bonchev–Trinajstić information content (AvgIpc) is 2.96. The molecule has 0 atom stereocenters. The van der Waals surface area contributed by atoms with Crippen LogP contribution in [0.2, 0.25) is 0 Å². The number of hydrogen-bond donors (Lipinski definition) is 0. The molecule has 0 unspecified atom stereocenters. The smallest absolute Gasteiger partial charge is 0.310 e. The largest absolute Gasteiger partial charge is 0.497 e. The molecule has 0 radical (unpaired) electrons. The van der Waals surface area contributed by atoms with E-state index in [1.54, 1.807) is 24.1 Å². The van der Waals surface area contributed by atoms with Crippen molar-refractivity contribution in [2.45, 2.75) is 20.3 Å². The summed E-state index contributed by atoms with van der Waals surface area (Å²) in [4.78, 5) is 25.4. The maximum absolute atomic E-state index is 11.9. The summed E-state index contributed by atoms with van der Waals surface area (Å²) in [5, 5.41) is 0.831. The highest BCUT2D eigenvalue weighted by atomic mass is 16.5. The van der Waals surface area contributed by atoms with Crippen LogP contribution in [0.15, 0.2) is 28.9 Å². The van der Waals surface area contributed by atoms with Gasteiger partial charge in [0.1, 0.15) is 11.3 Å². The predicted molar refractivity (Wildman–Crippen MR) is 85.4 cm³/mol. The molecule has 1 aromatic carbocycles. The molecule has 0 fully saturated rings. The minimum atomic E-state index is -0.455. The molecule has 0 saturated carbocycles. The van der Waals surface area contributed by atoms with Crippen molar-refractivity contribution in [1.29, 1.82) is 0 Å². The Morgan fingerprint density at radius 1 is 1.22 bits per heavy atom. The number of nitrogens with zero attached hydrogens (tertiary/aromatic N) is 1. The second-order valence-electron chi connectivity index (χ2n) is 5.03. The Hall–Kier alpha value is -2.50. The average molecular weight is 319 g/mol. The summed E-state index contributed by atoms with van der Waals surface area (Å²) in [5.74, 6) is 0.0416. The van der Waals surface area contributed by atoms with E-state index >= 15 is 0 Å². The molecule has 0 spiro atoms. The van der Waals surface area contributed by atoms with Crippen LogP contribution in [0.4, 0.5) is 0 Å². The van der Waals surface area contributed by atoms with Gasteiger partial charge in [0.05, 0.1) is 19.8 Å². The molecule has 0 aliphatic carbocycles. The molecule has 1 aromatic heterocycles.